The van der Waals surface area contributed by atoms with Gasteiger partial charge in [-0.25, -0.2) is 99.8 Å². The number of aromatic hydroxyl groups is 1. The van der Waals surface area contributed by atoms with Crippen LogP contribution in [-0.4, -0.2) is 428 Å². The van der Waals surface area contributed by atoms with Gasteiger partial charge in [0.15, 0.2) is 11.8 Å². The summed E-state index contributed by atoms with van der Waals surface area (Å²) in [6, 6.07) is -3.21. The number of phenols is 1. The van der Waals surface area contributed by atoms with Crippen molar-refractivity contribution in [2.75, 3.05) is 67.2 Å². The van der Waals surface area contributed by atoms with Crippen molar-refractivity contribution in [1.29, 1.82) is 5.41 Å². The SMILES string of the molecule is CC=C(N=C(O)C(CCCCN)N=C(O)C(C)N=C(O)C1CSC(C)C(N=C(O)C2CSCC(N=C(O)C(C)N=C(O)C(N)C(C)CC)C(O)=NC(CCCCN)C(O)=NC(Cc3ccccc3)C(O)=NC(CC(C)C)C(O)=N2)C(=O)N2CCCC2C(O)=NCC(O)=N1)C(O)=NCC(O)=NC1CSCC2N=C(O)C(Cc3ccc(O)cc3)N=C(O)C(CSC=CN=C2O)N=C(O)C(CC(=N)O)N=C(O)C(Cc2ccccc2)N=C1O. The van der Waals surface area contributed by atoms with Crippen molar-refractivity contribution < 1.29 is 117 Å². The Morgan fingerprint density at radius 2 is 1.07 bits per heavy atom. The summed E-state index contributed by atoms with van der Waals surface area (Å²) in [6.45, 7) is 11.8. The molecule has 5 aliphatic heterocycles. The van der Waals surface area contributed by atoms with Crippen LogP contribution in [0.3, 0.4) is 0 Å². The second-order valence-corrected chi connectivity index (χ2v) is 40.8. The molecule has 5 aliphatic rings. The Hall–Kier alpha value is -13.4. The van der Waals surface area contributed by atoms with Crippen LogP contribution in [0.2, 0.25) is 0 Å². The van der Waals surface area contributed by atoms with Gasteiger partial charge in [-0.2, -0.15) is 35.3 Å². The van der Waals surface area contributed by atoms with Gasteiger partial charge in [0.2, 0.25) is 118 Å². The number of benzene rings is 3. The number of thioether (sulfide) groups is 4. The number of hydrogen-bond donors (Lipinski definition) is 26. The Balaban J connectivity index is 1.14. The van der Waals surface area contributed by atoms with Crippen LogP contribution in [0.25, 0.3) is 0 Å². The molecular weight excluding hydrogens is 2020 g/mol. The summed E-state index contributed by atoms with van der Waals surface area (Å²) < 4.78 is 0. The predicted octanol–water partition coefficient (Wildman–Crippen LogP) is 11.8. The van der Waals surface area contributed by atoms with Crippen LogP contribution in [-0.2, 0) is 24.1 Å². The lowest BCUT2D eigenvalue weighted by molar-refractivity contribution is -0.132. The first kappa shape index (κ1) is 122. The van der Waals surface area contributed by atoms with Gasteiger partial charge in [-0.3, -0.25) is 10.2 Å². The van der Waals surface area contributed by atoms with Crippen LogP contribution >= 0.6 is 47.0 Å². The molecule has 8 rings (SSSR count). The summed E-state index contributed by atoms with van der Waals surface area (Å²) in [5.41, 5.74) is 19.3. The zero-order chi connectivity index (χ0) is 110. The number of phenolic OH excluding ortho intramolecular Hbond substituents is 1. The summed E-state index contributed by atoms with van der Waals surface area (Å²) in [5, 5.41) is 267. The fourth-order valence-electron chi connectivity index (χ4n) is 15.3. The lowest BCUT2D eigenvalue weighted by Crippen LogP contribution is -2.48. The quantitative estimate of drug-likeness (QED) is 0.0146. The maximum atomic E-state index is 15.4. The van der Waals surface area contributed by atoms with E-state index in [1.54, 1.807) is 74.5 Å². The summed E-state index contributed by atoms with van der Waals surface area (Å²) in [6.07, 6.45) is 3.57. The van der Waals surface area contributed by atoms with E-state index in [0.29, 0.717) is 48.8 Å². The molecule has 0 aliphatic carbocycles. The monoisotopic (exact) mass is 2160 g/mol. The van der Waals surface area contributed by atoms with E-state index in [4.69, 9.17) is 22.6 Å². The highest BCUT2D eigenvalue weighted by Crippen LogP contribution is 2.31. The van der Waals surface area contributed by atoms with Crippen molar-refractivity contribution >= 4 is 177 Å². The number of nitrogens with two attached hydrogens (primary N) is 3. The highest BCUT2D eigenvalue weighted by Gasteiger charge is 2.42. The molecule has 20 atom stereocenters. The minimum atomic E-state index is -1.78. The van der Waals surface area contributed by atoms with Gasteiger partial charge >= 0.3 is 0 Å². The number of aliphatic hydroxyl groups is 21. The molecule has 3 aromatic carbocycles. The molecule has 48 nitrogen and oxygen atoms in total. The van der Waals surface area contributed by atoms with Crippen LogP contribution in [0.1, 0.15) is 143 Å². The largest absolute Gasteiger partial charge is 0.508 e. The summed E-state index contributed by atoms with van der Waals surface area (Å²) in [5.74, 6) is -19.8. The number of allylic oxidation sites excluding steroid dienone is 1. The Morgan fingerprint density at radius 1 is 0.533 bits per heavy atom. The third-order valence-corrected chi connectivity index (χ3v) is 28.3. The van der Waals surface area contributed by atoms with Crippen LogP contribution in [0, 0.1) is 17.2 Å². The fraction of sp³-hybridized carbons (Fsp3) is 0.551. The normalized spacial score (nSPS) is 26.1. The number of nitrogens with one attached hydrogen (secondary N) is 1. The molecule has 2 bridgehead atoms. The lowest BCUT2D eigenvalue weighted by Gasteiger charge is -2.29. The number of aliphatic hydroxyl groups excluding tert-OH is 21. The zero-order valence-corrected chi connectivity index (χ0v) is 87.9. The van der Waals surface area contributed by atoms with Gasteiger partial charge in [-0.05, 0) is 138 Å². The van der Waals surface area contributed by atoms with Gasteiger partial charge in [0, 0.05) is 71.8 Å². The van der Waals surface area contributed by atoms with E-state index in [-0.39, 0.29) is 123 Å². The number of nitrogens with zero attached hydrogens (tertiary/aromatic N) is 21. The van der Waals surface area contributed by atoms with Crippen molar-refractivity contribution in [3.63, 3.8) is 0 Å². The highest BCUT2D eigenvalue weighted by atomic mass is 32.2. The molecule has 1 fully saturated rings. The van der Waals surface area contributed by atoms with Crippen molar-refractivity contribution in [1.82, 2.24) is 4.90 Å². The first-order valence-corrected chi connectivity index (χ1v) is 53.4. The van der Waals surface area contributed by atoms with Crippen LogP contribution in [0.4, 0.5) is 0 Å². The molecule has 1 saturated heterocycles. The molecule has 0 spiro atoms. The average Bonchev–Trinajstić information content (AvgIpc) is 1.63. The van der Waals surface area contributed by atoms with Crippen LogP contribution in [0.5, 0.6) is 5.75 Å². The first-order chi connectivity index (χ1) is 71.5. The van der Waals surface area contributed by atoms with E-state index in [2.05, 4.69) is 99.8 Å². The van der Waals surface area contributed by atoms with Gasteiger partial charge in [0.25, 0.3) is 0 Å². The molecule has 820 valence electrons. The lowest BCUT2D eigenvalue weighted by atomic mass is 10.00. The summed E-state index contributed by atoms with van der Waals surface area (Å²) in [7, 11) is 0. The van der Waals surface area contributed by atoms with Gasteiger partial charge < -0.3 is 134 Å². The maximum absolute atomic E-state index is 15.4. The van der Waals surface area contributed by atoms with E-state index in [1.807, 2.05) is 20.8 Å². The second-order valence-electron chi connectivity index (χ2n) is 36.3. The number of unbranched alkanes of at least 4 members (excludes halogenated alkanes) is 2. The molecule has 29 N–H and O–H groups in total. The zero-order valence-electron chi connectivity index (χ0n) is 84.6. The molecule has 150 heavy (non-hydrogen) atoms. The van der Waals surface area contributed by atoms with Crippen molar-refractivity contribution in [3.05, 3.63) is 125 Å². The van der Waals surface area contributed by atoms with Crippen LogP contribution < -0.4 is 17.2 Å². The average molecular weight is 2170 g/mol. The number of amides is 1. The molecule has 3 aromatic rings. The van der Waals surface area contributed by atoms with Gasteiger partial charge in [0.05, 0.1) is 12.5 Å². The molecule has 5 heterocycles. The van der Waals surface area contributed by atoms with E-state index >= 15 is 4.79 Å². The first-order valence-electron chi connectivity index (χ1n) is 49.0. The van der Waals surface area contributed by atoms with E-state index < -0.39 is 269 Å². The van der Waals surface area contributed by atoms with E-state index in [1.165, 1.54) is 67.6 Å². The van der Waals surface area contributed by atoms with E-state index in [0.717, 1.165) is 47.0 Å². The second kappa shape index (κ2) is 61.6. The highest BCUT2D eigenvalue weighted by molar-refractivity contribution is 8.02. The van der Waals surface area contributed by atoms with E-state index in [9.17, 15) is 112 Å². The fourth-order valence-corrected chi connectivity index (χ4v) is 19.1. The molecule has 0 aromatic heterocycles. The Labute approximate surface area is 885 Å². The maximum Gasteiger partial charge on any atom is 0.249 e. The molecule has 52 heteroatoms. The Kier molecular flexibility index (Phi) is 50.0. The van der Waals surface area contributed by atoms with Crippen molar-refractivity contribution in [3.8, 4) is 5.75 Å². The molecule has 1 amide bonds. The number of rotatable bonds is 36. The van der Waals surface area contributed by atoms with Crippen LogP contribution in [0.15, 0.2) is 208 Å². The molecular formula is C98H141N25O23S4. The standard InChI is InChI=1S/C98H141N25O23S4/c1-9-52(5)78(102)97(145)107-54(7)81(129)118-71-48-149-49-72(121-86(134)63(38-51(3)4)113-87(135)64(39-56-22-13-11-14-23-56)114-85(133)62(112-93(71)141)27-18-20-34-100)95(143)122-79-55(8)150-50-73(109-77(127)44-105-96(144)74-28-21-36-123(74)98(79)146)91(139)106-53(6)80(128)111-61(26-17-19-33-99)84(132)110-60(10-2)82(130)104-43-76(126)108-69-47-148-46-68-83(131)103-35-37-147-45-70(94(142)116-66(89(137)119-68)41-58-29-31-59(124)32-30-58)120-90(138)67(42-75(101)125)117-88(136)65(115-92(69)140)40-57-24-15-12-16-25-57/h10-16,22-25,29-32,35,37,51-55,61-74,78-79,124H,9,17-21,26-28,33-34,36,38-50,99-100,102H2,1-8H3,(H2,101,125)(H,103,131)(H,104,130)(H,105,144)(H,106,139)(H,107,145)(H,108,126)(H,109,127)(H,110,132)(H,111,128)(H,112,141)(H,113,135)(H,114,133)(H,115,140)(H,116,142)(H,117,136)(H,118,129)(H,119,137)(H,120,138)(H,121,134)(H,122,143). The molecule has 0 radical (unpaired) electrons. The third-order valence-electron chi connectivity index (χ3n) is 24.0. The molecule has 20 unspecified atom stereocenters. The minimum Gasteiger partial charge on any atom is -0.508 e. The van der Waals surface area contributed by atoms with Crippen molar-refractivity contribution in [2.24, 2.45) is 129 Å². The number of carbonyl (C=O) groups excluding carboxylic acids is 1. The molecule has 0 saturated carbocycles. The van der Waals surface area contributed by atoms with Gasteiger partial charge in [-0.15, -0.1) is 11.8 Å². The predicted molar refractivity (Wildman–Crippen MR) is 599 cm³/mol. The minimum absolute atomic E-state index is 0.0165. The van der Waals surface area contributed by atoms with Gasteiger partial charge in [-0.1, -0.05) is 120 Å². The summed E-state index contributed by atoms with van der Waals surface area (Å²) >= 11 is 3.75. The topological polar surface area (TPSA) is 814 Å². The number of fused-ring (bicyclic) bond motifs is 5. The third kappa shape index (κ3) is 39.2. The number of carbonyl (C=O) groups is 1. The number of aliphatic imine (C=N–C) groups is 20. The summed E-state index contributed by atoms with van der Waals surface area (Å²) in [4.78, 5) is 104. The Bertz CT molecular complexity index is 5680. The smallest absolute Gasteiger partial charge is 0.249 e. The Morgan fingerprint density at radius 3 is 1.67 bits per heavy atom. The number of hydrogen-bond acceptors (Lipinski definition) is 30. The van der Waals surface area contributed by atoms with Crippen molar-refractivity contribution in [2.45, 2.75) is 259 Å². The van der Waals surface area contributed by atoms with Gasteiger partial charge in [0.1, 0.15) is 127 Å².